The fourth-order valence-corrected chi connectivity index (χ4v) is 1.59. The molecule has 0 N–H and O–H groups in total. The molecule has 0 amide bonds. The molecule has 0 heterocycles. The monoisotopic (exact) mass is 212 g/mol. The van der Waals surface area contributed by atoms with Crippen LogP contribution in [0.1, 0.15) is 35.7 Å². The molecule has 14 heavy (non-hydrogen) atoms. The van der Waals surface area contributed by atoms with Crippen molar-refractivity contribution in [3.05, 3.63) is 28.3 Å². The van der Waals surface area contributed by atoms with E-state index in [1.54, 1.807) is 0 Å². The summed E-state index contributed by atoms with van der Waals surface area (Å²) in [5.41, 5.74) is 1.54. The van der Waals surface area contributed by atoms with E-state index in [0.717, 1.165) is 11.8 Å². The van der Waals surface area contributed by atoms with Crippen molar-refractivity contribution in [3.63, 3.8) is 0 Å². The zero-order chi connectivity index (χ0) is 10.7. The van der Waals surface area contributed by atoms with Gasteiger partial charge in [0.05, 0.1) is 17.7 Å². The average molecular weight is 213 g/mol. The molecule has 0 saturated carbocycles. The molecule has 1 rings (SSSR count). The predicted molar refractivity (Wildman–Crippen MR) is 57.5 cm³/mol. The van der Waals surface area contributed by atoms with Gasteiger partial charge in [0, 0.05) is 0 Å². The summed E-state index contributed by atoms with van der Waals surface area (Å²) in [6.07, 6.45) is 0.761. The van der Waals surface area contributed by atoms with Gasteiger partial charge in [0.15, 0.2) is 6.29 Å². The van der Waals surface area contributed by atoms with Crippen molar-refractivity contribution >= 4 is 17.9 Å². The van der Waals surface area contributed by atoms with Crippen LogP contribution in [0.15, 0.2) is 12.1 Å². The van der Waals surface area contributed by atoms with E-state index in [2.05, 4.69) is 0 Å². The Morgan fingerprint density at radius 3 is 2.50 bits per heavy atom. The summed E-state index contributed by atoms with van der Waals surface area (Å²) < 4.78 is 5.04. The zero-order valence-electron chi connectivity index (χ0n) is 8.50. The first-order valence-electron chi connectivity index (χ1n) is 4.42. The summed E-state index contributed by atoms with van der Waals surface area (Å²) in [6, 6.07) is 3.64. The van der Waals surface area contributed by atoms with Crippen LogP contribution in [0.4, 0.5) is 0 Å². The van der Waals surface area contributed by atoms with Crippen LogP contribution in [0, 0.1) is 0 Å². The Labute approximate surface area is 88.8 Å². The van der Waals surface area contributed by atoms with Gasteiger partial charge in [0.2, 0.25) is 0 Å². The van der Waals surface area contributed by atoms with Gasteiger partial charge in [-0.3, -0.25) is 4.79 Å². The van der Waals surface area contributed by atoms with Gasteiger partial charge in [-0.15, -0.1) is 0 Å². The molecule has 1 aromatic carbocycles. The van der Waals surface area contributed by atoms with Crippen LogP contribution in [-0.2, 0) is 0 Å². The Bertz CT molecular complexity index is 345. The Kier molecular flexibility index (Phi) is 3.53. The highest BCUT2D eigenvalue weighted by atomic mass is 35.5. The molecule has 0 aliphatic heterocycles. The lowest BCUT2D eigenvalue weighted by atomic mass is 10.0. The summed E-state index contributed by atoms with van der Waals surface area (Å²) in [5.74, 6) is 0.795. The van der Waals surface area contributed by atoms with Crippen LogP contribution >= 0.6 is 11.6 Å². The number of benzene rings is 1. The zero-order valence-corrected chi connectivity index (χ0v) is 9.26. The van der Waals surface area contributed by atoms with E-state index in [1.807, 2.05) is 26.0 Å². The third-order valence-electron chi connectivity index (χ3n) is 2.09. The Morgan fingerprint density at radius 2 is 2.07 bits per heavy atom. The standard InChI is InChI=1S/C11H13ClO2/c1-7(2)8-4-9(6-13)11(14-3)10(12)5-8/h4-7H,1-3H3. The maximum absolute atomic E-state index is 10.8. The molecule has 0 aliphatic rings. The highest BCUT2D eigenvalue weighted by Crippen LogP contribution is 2.31. The lowest BCUT2D eigenvalue weighted by Crippen LogP contribution is -1.95. The molecular weight excluding hydrogens is 200 g/mol. The highest BCUT2D eigenvalue weighted by molar-refractivity contribution is 6.32. The number of hydrogen-bond acceptors (Lipinski definition) is 2. The van der Waals surface area contributed by atoms with Crippen LogP contribution in [0.25, 0.3) is 0 Å². The van der Waals surface area contributed by atoms with E-state index < -0.39 is 0 Å². The van der Waals surface area contributed by atoms with Crippen molar-refractivity contribution in [2.45, 2.75) is 19.8 Å². The Balaban J connectivity index is 3.31. The maximum Gasteiger partial charge on any atom is 0.153 e. The number of rotatable bonds is 3. The fourth-order valence-electron chi connectivity index (χ4n) is 1.27. The Morgan fingerprint density at radius 1 is 1.43 bits per heavy atom. The van der Waals surface area contributed by atoms with Crippen LogP contribution < -0.4 is 4.74 Å². The summed E-state index contributed by atoms with van der Waals surface area (Å²) in [6.45, 7) is 4.10. The number of aldehydes is 1. The second kappa shape index (κ2) is 4.47. The number of halogens is 1. The van der Waals surface area contributed by atoms with E-state index in [-0.39, 0.29) is 0 Å². The fraction of sp³-hybridized carbons (Fsp3) is 0.364. The molecule has 2 nitrogen and oxygen atoms in total. The molecule has 0 atom stereocenters. The Hall–Kier alpha value is -1.02. The van der Waals surface area contributed by atoms with Crippen molar-refractivity contribution in [1.29, 1.82) is 0 Å². The maximum atomic E-state index is 10.8. The van der Waals surface area contributed by atoms with E-state index >= 15 is 0 Å². The van der Waals surface area contributed by atoms with Gasteiger partial charge in [0.1, 0.15) is 5.75 Å². The largest absolute Gasteiger partial charge is 0.494 e. The predicted octanol–water partition coefficient (Wildman–Crippen LogP) is 3.28. The quantitative estimate of drug-likeness (QED) is 0.719. The summed E-state index contributed by atoms with van der Waals surface area (Å²) in [5, 5.41) is 0.487. The average Bonchev–Trinajstić information content (AvgIpc) is 2.16. The van der Waals surface area contributed by atoms with E-state index in [1.165, 1.54) is 7.11 Å². The number of hydrogen-bond donors (Lipinski definition) is 0. The lowest BCUT2D eigenvalue weighted by molar-refractivity contribution is 0.112. The van der Waals surface area contributed by atoms with Gasteiger partial charge in [0.25, 0.3) is 0 Å². The van der Waals surface area contributed by atoms with Crippen molar-refractivity contribution < 1.29 is 9.53 Å². The summed E-state index contributed by atoms with van der Waals surface area (Å²) in [4.78, 5) is 10.8. The van der Waals surface area contributed by atoms with Crippen LogP contribution in [0.5, 0.6) is 5.75 Å². The molecule has 0 unspecified atom stereocenters. The third-order valence-corrected chi connectivity index (χ3v) is 2.37. The van der Waals surface area contributed by atoms with Crippen molar-refractivity contribution in [1.82, 2.24) is 0 Å². The molecule has 0 aliphatic carbocycles. The van der Waals surface area contributed by atoms with Gasteiger partial charge in [-0.25, -0.2) is 0 Å². The summed E-state index contributed by atoms with van der Waals surface area (Å²) >= 11 is 5.97. The van der Waals surface area contributed by atoms with Crippen molar-refractivity contribution in [2.75, 3.05) is 7.11 Å². The molecule has 0 radical (unpaired) electrons. The molecule has 0 bridgehead atoms. The lowest BCUT2D eigenvalue weighted by Gasteiger charge is -2.11. The first-order valence-corrected chi connectivity index (χ1v) is 4.80. The van der Waals surface area contributed by atoms with Gasteiger partial charge in [-0.2, -0.15) is 0 Å². The number of carbonyl (C=O) groups is 1. The summed E-state index contributed by atoms with van der Waals surface area (Å²) in [7, 11) is 1.50. The first kappa shape index (κ1) is 11.1. The third kappa shape index (κ3) is 2.07. The second-order valence-electron chi connectivity index (χ2n) is 3.40. The van der Waals surface area contributed by atoms with Gasteiger partial charge in [-0.05, 0) is 23.6 Å². The van der Waals surface area contributed by atoms with E-state index in [0.29, 0.717) is 22.3 Å². The topological polar surface area (TPSA) is 26.3 Å². The van der Waals surface area contributed by atoms with Crippen LogP contribution in [0.3, 0.4) is 0 Å². The minimum absolute atomic E-state index is 0.345. The van der Waals surface area contributed by atoms with Crippen LogP contribution in [0.2, 0.25) is 5.02 Å². The highest BCUT2D eigenvalue weighted by Gasteiger charge is 2.10. The smallest absolute Gasteiger partial charge is 0.153 e. The van der Waals surface area contributed by atoms with Gasteiger partial charge in [-0.1, -0.05) is 25.4 Å². The molecular formula is C11H13ClO2. The molecule has 0 spiro atoms. The van der Waals surface area contributed by atoms with Crippen LogP contribution in [-0.4, -0.2) is 13.4 Å². The van der Waals surface area contributed by atoms with E-state index in [4.69, 9.17) is 16.3 Å². The molecule has 0 saturated heterocycles. The normalized spacial score (nSPS) is 10.4. The molecule has 1 aromatic rings. The first-order chi connectivity index (χ1) is 6.60. The number of carbonyl (C=O) groups excluding carboxylic acids is 1. The van der Waals surface area contributed by atoms with Crippen molar-refractivity contribution in [2.24, 2.45) is 0 Å². The minimum Gasteiger partial charge on any atom is -0.494 e. The van der Waals surface area contributed by atoms with E-state index in [9.17, 15) is 4.79 Å². The van der Waals surface area contributed by atoms with Gasteiger partial charge < -0.3 is 4.74 Å². The SMILES string of the molecule is COc1c(Cl)cc(C(C)C)cc1C=O. The molecule has 0 aromatic heterocycles. The number of methoxy groups -OCH3 is 1. The molecule has 0 fully saturated rings. The molecule has 3 heteroatoms. The minimum atomic E-state index is 0.345. The second-order valence-corrected chi connectivity index (χ2v) is 3.80. The molecule has 76 valence electrons. The van der Waals surface area contributed by atoms with Gasteiger partial charge >= 0.3 is 0 Å². The number of ether oxygens (including phenoxy) is 1. The van der Waals surface area contributed by atoms with Crippen molar-refractivity contribution in [3.8, 4) is 5.75 Å².